The van der Waals surface area contributed by atoms with E-state index in [1.54, 1.807) is 0 Å². The quantitative estimate of drug-likeness (QED) is 0.908. The molecule has 0 aliphatic carbocycles. The molecule has 0 bridgehead atoms. The van der Waals surface area contributed by atoms with Gasteiger partial charge in [-0.05, 0) is 29.2 Å². The van der Waals surface area contributed by atoms with E-state index in [0.29, 0.717) is 13.0 Å². The van der Waals surface area contributed by atoms with Crippen LogP contribution in [0.2, 0.25) is 0 Å². The molecule has 0 radical (unpaired) electrons. The standard InChI is InChI=1S/C17H20N2O/c18-15-8-4-10-19(12-15)17(20)11-14-7-3-6-13-5-1-2-9-16(13)14/h1-3,5-7,9,15H,4,8,10-12,18H2. The van der Waals surface area contributed by atoms with E-state index in [4.69, 9.17) is 5.73 Å². The first-order chi connectivity index (χ1) is 9.74. The molecule has 1 fully saturated rings. The summed E-state index contributed by atoms with van der Waals surface area (Å²) in [6, 6.07) is 14.5. The molecule has 1 unspecified atom stereocenters. The smallest absolute Gasteiger partial charge is 0.227 e. The highest BCUT2D eigenvalue weighted by Gasteiger charge is 2.21. The second kappa shape index (κ2) is 5.63. The average molecular weight is 268 g/mol. The molecule has 0 spiro atoms. The van der Waals surface area contributed by atoms with Crippen molar-refractivity contribution in [1.82, 2.24) is 4.90 Å². The number of hydrogen-bond donors (Lipinski definition) is 1. The van der Waals surface area contributed by atoms with Crippen LogP contribution in [-0.4, -0.2) is 29.9 Å². The van der Waals surface area contributed by atoms with Crippen LogP contribution in [0.4, 0.5) is 0 Å². The fourth-order valence-electron chi connectivity index (χ4n) is 2.96. The van der Waals surface area contributed by atoms with Gasteiger partial charge in [0.2, 0.25) is 5.91 Å². The van der Waals surface area contributed by atoms with Crippen LogP contribution in [0, 0.1) is 0 Å². The summed E-state index contributed by atoms with van der Waals surface area (Å²) in [5.74, 6) is 0.191. The first-order valence-corrected chi connectivity index (χ1v) is 7.24. The molecule has 1 aliphatic rings. The summed E-state index contributed by atoms with van der Waals surface area (Å²) in [5.41, 5.74) is 7.06. The second-order valence-electron chi connectivity index (χ2n) is 5.56. The number of fused-ring (bicyclic) bond motifs is 1. The van der Waals surface area contributed by atoms with Crippen molar-refractivity contribution < 1.29 is 4.79 Å². The minimum absolute atomic E-state index is 0.139. The number of amides is 1. The minimum atomic E-state index is 0.139. The van der Waals surface area contributed by atoms with Gasteiger partial charge in [0.25, 0.3) is 0 Å². The summed E-state index contributed by atoms with van der Waals surface area (Å²) in [7, 11) is 0. The lowest BCUT2D eigenvalue weighted by Crippen LogP contribution is -2.46. The molecule has 2 N–H and O–H groups in total. The lowest BCUT2D eigenvalue weighted by Gasteiger charge is -2.31. The molecule has 3 nitrogen and oxygen atoms in total. The summed E-state index contributed by atoms with van der Waals surface area (Å²) in [5, 5.41) is 2.36. The predicted molar refractivity (Wildman–Crippen MR) is 81.4 cm³/mol. The first-order valence-electron chi connectivity index (χ1n) is 7.24. The molecule has 1 amide bonds. The Kier molecular flexibility index (Phi) is 3.70. The van der Waals surface area contributed by atoms with Crippen molar-refractivity contribution in [3.8, 4) is 0 Å². The number of carbonyl (C=O) groups excluding carboxylic acids is 1. The zero-order valence-corrected chi connectivity index (χ0v) is 11.6. The van der Waals surface area contributed by atoms with Gasteiger partial charge in [-0.2, -0.15) is 0 Å². The average Bonchev–Trinajstić information content (AvgIpc) is 2.47. The van der Waals surface area contributed by atoms with Crippen LogP contribution in [0.5, 0.6) is 0 Å². The van der Waals surface area contributed by atoms with Crippen LogP contribution < -0.4 is 5.73 Å². The number of piperidine rings is 1. The summed E-state index contributed by atoms with van der Waals surface area (Å²) in [6.45, 7) is 1.54. The number of carbonyl (C=O) groups is 1. The normalized spacial score (nSPS) is 19.2. The predicted octanol–water partition coefficient (Wildman–Crippen LogP) is 2.33. The van der Waals surface area contributed by atoms with Crippen molar-refractivity contribution in [3.05, 3.63) is 48.0 Å². The van der Waals surface area contributed by atoms with Gasteiger partial charge < -0.3 is 10.6 Å². The summed E-state index contributed by atoms with van der Waals surface area (Å²) in [6.07, 6.45) is 2.51. The molecule has 20 heavy (non-hydrogen) atoms. The number of benzene rings is 2. The Morgan fingerprint density at radius 3 is 2.85 bits per heavy atom. The van der Waals surface area contributed by atoms with Crippen molar-refractivity contribution in [1.29, 1.82) is 0 Å². The molecule has 1 saturated heterocycles. The second-order valence-corrected chi connectivity index (χ2v) is 5.56. The van der Waals surface area contributed by atoms with E-state index in [-0.39, 0.29) is 11.9 Å². The minimum Gasteiger partial charge on any atom is -0.341 e. The highest BCUT2D eigenvalue weighted by Crippen LogP contribution is 2.20. The van der Waals surface area contributed by atoms with Crippen LogP contribution >= 0.6 is 0 Å². The van der Waals surface area contributed by atoms with Crippen molar-refractivity contribution >= 4 is 16.7 Å². The number of nitrogens with two attached hydrogens (primary N) is 1. The van der Waals surface area contributed by atoms with Gasteiger partial charge in [0.15, 0.2) is 0 Å². The first kappa shape index (κ1) is 13.1. The van der Waals surface area contributed by atoms with E-state index in [0.717, 1.165) is 24.9 Å². The monoisotopic (exact) mass is 268 g/mol. The van der Waals surface area contributed by atoms with Gasteiger partial charge in [-0.3, -0.25) is 4.79 Å². The van der Waals surface area contributed by atoms with Crippen molar-refractivity contribution in [2.45, 2.75) is 25.3 Å². The number of hydrogen-bond acceptors (Lipinski definition) is 2. The van der Waals surface area contributed by atoms with E-state index < -0.39 is 0 Å². The topological polar surface area (TPSA) is 46.3 Å². The third-order valence-electron chi connectivity index (χ3n) is 4.03. The van der Waals surface area contributed by atoms with Gasteiger partial charge in [0, 0.05) is 19.1 Å². The fraction of sp³-hybridized carbons (Fsp3) is 0.353. The van der Waals surface area contributed by atoms with E-state index in [2.05, 4.69) is 18.2 Å². The number of rotatable bonds is 2. The Labute approximate surface area is 119 Å². The maximum atomic E-state index is 12.4. The molecule has 1 atom stereocenters. The van der Waals surface area contributed by atoms with Gasteiger partial charge in [-0.25, -0.2) is 0 Å². The maximum Gasteiger partial charge on any atom is 0.227 e. The molecule has 2 aromatic rings. The van der Waals surface area contributed by atoms with E-state index in [1.807, 2.05) is 29.2 Å². The third-order valence-corrected chi connectivity index (χ3v) is 4.03. The van der Waals surface area contributed by atoms with E-state index >= 15 is 0 Å². The Morgan fingerprint density at radius 1 is 1.20 bits per heavy atom. The summed E-state index contributed by atoms with van der Waals surface area (Å²) < 4.78 is 0. The van der Waals surface area contributed by atoms with Crippen LogP contribution in [0.3, 0.4) is 0 Å². The lowest BCUT2D eigenvalue weighted by atomic mass is 10.0. The molecular weight excluding hydrogens is 248 g/mol. The Hall–Kier alpha value is -1.87. The van der Waals surface area contributed by atoms with Crippen LogP contribution in [0.25, 0.3) is 10.8 Å². The Balaban J connectivity index is 1.80. The fourth-order valence-corrected chi connectivity index (χ4v) is 2.96. The highest BCUT2D eigenvalue weighted by molar-refractivity contribution is 5.90. The molecule has 3 rings (SSSR count). The molecule has 0 aromatic heterocycles. The van der Waals surface area contributed by atoms with Crippen molar-refractivity contribution in [3.63, 3.8) is 0 Å². The number of likely N-dealkylation sites (tertiary alicyclic amines) is 1. The van der Waals surface area contributed by atoms with Crippen LogP contribution in [0.1, 0.15) is 18.4 Å². The molecular formula is C17H20N2O. The Bertz CT molecular complexity index is 618. The van der Waals surface area contributed by atoms with Gasteiger partial charge in [0.1, 0.15) is 0 Å². The SMILES string of the molecule is NC1CCCN(C(=O)Cc2cccc3ccccc23)C1. The molecule has 0 saturated carbocycles. The van der Waals surface area contributed by atoms with Gasteiger partial charge >= 0.3 is 0 Å². The van der Waals surface area contributed by atoms with Gasteiger partial charge in [0.05, 0.1) is 6.42 Å². The largest absolute Gasteiger partial charge is 0.341 e. The van der Waals surface area contributed by atoms with Crippen LogP contribution in [-0.2, 0) is 11.2 Å². The molecule has 1 heterocycles. The van der Waals surface area contributed by atoms with Gasteiger partial charge in [-0.15, -0.1) is 0 Å². The third kappa shape index (κ3) is 2.68. The van der Waals surface area contributed by atoms with Crippen molar-refractivity contribution in [2.24, 2.45) is 5.73 Å². The van der Waals surface area contributed by atoms with Crippen LogP contribution in [0.15, 0.2) is 42.5 Å². The highest BCUT2D eigenvalue weighted by atomic mass is 16.2. The summed E-state index contributed by atoms with van der Waals surface area (Å²) >= 11 is 0. The lowest BCUT2D eigenvalue weighted by molar-refractivity contribution is -0.131. The van der Waals surface area contributed by atoms with E-state index in [1.165, 1.54) is 10.8 Å². The zero-order valence-electron chi connectivity index (χ0n) is 11.6. The van der Waals surface area contributed by atoms with Gasteiger partial charge in [-0.1, -0.05) is 42.5 Å². The zero-order chi connectivity index (χ0) is 13.9. The molecule has 1 aliphatic heterocycles. The summed E-state index contributed by atoms with van der Waals surface area (Å²) in [4.78, 5) is 14.3. The molecule has 104 valence electrons. The Morgan fingerprint density at radius 2 is 2.00 bits per heavy atom. The molecule has 2 aromatic carbocycles. The number of nitrogens with zero attached hydrogens (tertiary/aromatic N) is 1. The van der Waals surface area contributed by atoms with E-state index in [9.17, 15) is 4.79 Å². The van der Waals surface area contributed by atoms with Crippen molar-refractivity contribution in [2.75, 3.05) is 13.1 Å². The maximum absolute atomic E-state index is 12.4. The molecule has 3 heteroatoms.